The van der Waals surface area contributed by atoms with Crippen LogP contribution in [0.5, 0.6) is 0 Å². The topological polar surface area (TPSA) is 0 Å². The van der Waals surface area contributed by atoms with Gasteiger partial charge in [-0.1, -0.05) is 0 Å². The maximum absolute atomic E-state index is 6.74. The Hall–Kier alpha value is -2.78. The Kier molecular flexibility index (Phi) is 6.72. The van der Waals surface area contributed by atoms with Crippen LogP contribution >= 0.6 is 0 Å². The number of hydrogen-bond acceptors (Lipinski definition) is 0. The Balaban J connectivity index is 0.00000184. The molecule has 0 bridgehead atoms. The number of hydrogen-bond donors (Lipinski definition) is 0. The minimum absolute atomic E-state index is 0. The van der Waals surface area contributed by atoms with Gasteiger partial charge in [0, 0.05) is 0 Å². The van der Waals surface area contributed by atoms with E-state index in [1.807, 2.05) is 0 Å². The fourth-order valence-electron chi connectivity index (χ4n) is 11.1. The summed E-state index contributed by atoms with van der Waals surface area (Å²) >= 11 is -6.74. The molecule has 0 nitrogen and oxygen atoms in total. The van der Waals surface area contributed by atoms with E-state index in [0.29, 0.717) is 0 Å². The molecule has 216 valence electrons. The number of halogens is 2. The van der Waals surface area contributed by atoms with E-state index >= 15 is 0 Å². The van der Waals surface area contributed by atoms with Crippen molar-refractivity contribution >= 4 is 33.9 Å². The van der Waals surface area contributed by atoms with Crippen molar-refractivity contribution in [2.45, 2.75) is 10.0 Å². The molecule has 2 aliphatic carbocycles. The summed E-state index contributed by atoms with van der Waals surface area (Å²) in [7, 11) is 1.80. The number of fused-ring (bicyclic) bond motifs is 1. The fraction of sp³-hybridized carbons (Fsp3) is 0.0526. The molecule has 0 saturated carbocycles. The predicted octanol–water partition coefficient (Wildman–Crippen LogP) is -1.23. The first-order chi connectivity index (χ1) is 19.8. The van der Waals surface area contributed by atoms with E-state index in [2.05, 4.69) is 176 Å². The molecule has 7 rings (SSSR count). The standard InChI is InChI=1S/C9H7.4C6H5.C5H5.2ClH.2H3Si.Zr/c1-2-5-9-7-3-6-8(9)4-1;4*1-2-4-6-5-3-1;1-2-4-5-3-1;;;;;/h1-7H;4*1-5H;1-3H,4H2;2*1H;2*1H3;/q;;;;;;;;;;+2/p-2. The van der Waals surface area contributed by atoms with Crippen LogP contribution < -0.4 is 37.9 Å². The van der Waals surface area contributed by atoms with Crippen LogP contribution in [0.1, 0.15) is 21.2 Å². The summed E-state index contributed by atoms with van der Waals surface area (Å²) in [6.45, 7) is 0. The van der Waals surface area contributed by atoms with Crippen molar-refractivity contribution in [1.82, 2.24) is 0 Å². The predicted molar refractivity (Wildman–Crippen MR) is 184 cm³/mol. The molecule has 0 aliphatic heterocycles. The second-order valence-corrected chi connectivity index (χ2v) is 111. The summed E-state index contributed by atoms with van der Waals surface area (Å²) in [5.41, 5.74) is 2.80. The number of allylic oxidation sites excluding steroid dienone is 5. The molecule has 0 radical (unpaired) electrons. The molecule has 0 saturated heterocycles. The van der Waals surface area contributed by atoms with Gasteiger partial charge >= 0.3 is 241 Å². The van der Waals surface area contributed by atoms with E-state index in [9.17, 15) is 0 Å². The van der Waals surface area contributed by atoms with Crippen LogP contribution in [0, 0.1) is 0 Å². The third-order valence-corrected chi connectivity index (χ3v) is 102. The summed E-state index contributed by atoms with van der Waals surface area (Å²) in [5, 5.41) is 0. The summed E-state index contributed by atoms with van der Waals surface area (Å²) in [6.07, 6.45) is 13.3. The maximum atomic E-state index is 2.63. The second kappa shape index (κ2) is 9.13. The van der Waals surface area contributed by atoms with Crippen LogP contribution in [0.4, 0.5) is 0 Å². The van der Waals surface area contributed by atoms with E-state index in [1.165, 1.54) is 24.2 Å². The molecule has 0 amide bonds. The first-order valence-electron chi connectivity index (χ1n) is 15.0. The Morgan fingerprint density at radius 3 is 1.30 bits per heavy atom. The molecule has 5 heteroatoms. The Morgan fingerprint density at radius 2 is 0.907 bits per heavy atom. The van der Waals surface area contributed by atoms with Crippen molar-refractivity contribution in [2.75, 3.05) is 0 Å². The summed E-state index contributed by atoms with van der Waals surface area (Å²) < 4.78 is 7.81. The van der Waals surface area contributed by atoms with E-state index in [0.717, 1.165) is 21.2 Å². The summed E-state index contributed by atoms with van der Waals surface area (Å²) in [5.74, 6) is 0. The normalized spacial score (nSPS) is 19.0. The molecule has 5 aromatic rings. The third-order valence-electron chi connectivity index (χ3n) is 13.8. The SMILES string of the molecule is [Cl-].[Cl-].[SiH3][Zr+2]([SiH3])([C]1=CC=CC1)([c]1ccccc1)([c]1ccccc1)([c]1ccccc1)([c]1ccccc1)[CH]1C=Cc2ccccc21. The van der Waals surface area contributed by atoms with Crippen LogP contribution in [0.15, 0.2) is 173 Å². The molecule has 0 N–H and O–H groups in total. The van der Waals surface area contributed by atoms with Gasteiger partial charge in [0.05, 0.1) is 0 Å². The van der Waals surface area contributed by atoms with Gasteiger partial charge in [-0.25, -0.2) is 0 Å². The number of benzene rings is 5. The quantitative estimate of drug-likeness (QED) is 0.194. The molecule has 0 heterocycles. The molecule has 0 aromatic heterocycles. The molecular formula is C38H38Cl2Si2Zr. The zero-order valence-corrected chi connectivity index (χ0v) is 32.8. The van der Waals surface area contributed by atoms with Gasteiger partial charge < -0.3 is 24.8 Å². The van der Waals surface area contributed by atoms with Crippen LogP contribution in [0.25, 0.3) is 6.08 Å². The van der Waals surface area contributed by atoms with Gasteiger partial charge in [0.2, 0.25) is 0 Å². The van der Waals surface area contributed by atoms with Gasteiger partial charge in [0.25, 0.3) is 0 Å². The average Bonchev–Trinajstić information content (AvgIpc) is 3.77. The zero-order valence-electron chi connectivity index (χ0n) is 24.8. The molecule has 0 spiro atoms. The summed E-state index contributed by atoms with van der Waals surface area (Å²) in [4.78, 5) is 0. The van der Waals surface area contributed by atoms with Gasteiger partial charge in [-0.15, -0.1) is 0 Å². The van der Waals surface area contributed by atoms with Crippen LogP contribution in [-0.2, 0) is 12.7 Å². The Morgan fingerprint density at radius 1 is 0.512 bits per heavy atom. The third kappa shape index (κ3) is 2.76. The minimum atomic E-state index is -6.74. The molecule has 43 heavy (non-hydrogen) atoms. The van der Waals surface area contributed by atoms with E-state index in [-0.39, 0.29) is 28.4 Å². The molecule has 2 aliphatic rings. The molecular weight excluding hydrogens is 675 g/mol. The van der Waals surface area contributed by atoms with Crippen molar-refractivity contribution < 1.29 is 37.5 Å². The molecule has 1 atom stereocenters. The monoisotopic (exact) mass is 710 g/mol. The first-order valence-corrected chi connectivity index (χ1v) is 39.3. The van der Waals surface area contributed by atoms with Gasteiger partial charge in [-0.05, 0) is 0 Å². The van der Waals surface area contributed by atoms with Crippen LogP contribution in [-0.4, -0.2) is 14.7 Å². The van der Waals surface area contributed by atoms with Crippen LogP contribution in [0.2, 0.25) is 0 Å². The Labute approximate surface area is 263 Å². The van der Waals surface area contributed by atoms with Crippen molar-refractivity contribution in [2.24, 2.45) is 0 Å². The molecule has 1 unspecified atom stereocenters. The number of rotatable bonds is 6. The van der Waals surface area contributed by atoms with Crippen LogP contribution in [0.3, 0.4) is 0 Å². The van der Waals surface area contributed by atoms with Crippen molar-refractivity contribution in [3.8, 4) is 0 Å². The van der Waals surface area contributed by atoms with Gasteiger partial charge in [-0.3, -0.25) is 0 Å². The summed E-state index contributed by atoms with van der Waals surface area (Å²) in [6, 6.07) is 56.6. The van der Waals surface area contributed by atoms with E-state index in [4.69, 9.17) is 0 Å². The molecule has 5 aromatic carbocycles. The van der Waals surface area contributed by atoms with Crippen molar-refractivity contribution in [3.05, 3.63) is 184 Å². The van der Waals surface area contributed by atoms with Crippen molar-refractivity contribution in [3.63, 3.8) is 0 Å². The second-order valence-electron chi connectivity index (χ2n) is 14.8. The van der Waals surface area contributed by atoms with E-state index in [1.54, 1.807) is 3.28 Å². The van der Waals surface area contributed by atoms with Gasteiger partial charge in [0.15, 0.2) is 0 Å². The fourth-order valence-corrected chi connectivity index (χ4v) is 78.4. The van der Waals surface area contributed by atoms with Gasteiger partial charge in [-0.2, -0.15) is 0 Å². The van der Waals surface area contributed by atoms with E-state index < -0.39 is 12.7 Å². The van der Waals surface area contributed by atoms with Gasteiger partial charge in [0.1, 0.15) is 0 Å². The average molecular weight is 713 g/mol. The first kappa shape index (κ1) is 31.6. The molecule has 0 fully saturated rings. The Bertz CT molecular complexity index is 1790. The van der Waals surface area contributed by atoms with Crippen molar-refractivity contribution in [1.29, 1.82) is 0 Å². The zero-order chi connectivity index (χ0) is 28.2.